The first-order valence-corrected chi connectivity index (χ1v) is 7.67. The second-order valence-corrected chi connectivity index (χ2v) is 5.92. The van der Waals surface area contributed by atoms with Crippen LogP contribution in [0.3, 0.4) is 0 Å². The minimum absolute atomic E-state index is 0.390. The Morgan fingerprint density at radius 3 is 2.35 bits per heavy atom. The molecule has 2 aromatic rings. The van der Waals surface area contributed by atoms with Crippen molar-refractivity contribution in [2.45, 2.75) is 26.7 Å². The van der Waals surface area contributed by atoms with Crippen LogP contribution in [0, 0.1) is 6.92 Å². The van der Waals surface area contributed by atoms with Crippen LogP contribution >= 0.6 is 0 Å². The molecule has 0 spiro atoms. The van der Waals surface area contributed by atoms with Crippen LogP contribution in [0.5, 0.6) is 11.5 Å². The van der Waals surface area contributed by atoms with Gasteiger partial charge >= 0.3 is 5.97 Å². The van der Waals surface area contributed by atoms with E-state index in [1.54, 1.807) is 14.0 Å². The highest BCUT2D eigenvalue weighted by atomic mass is 16.5. The first kappa shape index (κ1) is 15.3. The summed E-state index contributed by atoms with van der Waals surface area (Å²) in [7, 11) is 1.69. The molecule has 0 fully saturated rings. The second-order valence-electron chi connectivity index (χ2n) is 5.92. The number of allylic oxidation sites excluding steroid dienone is 2. The smallest absolute Gasteiger partial charge is 0.338 e. The van der Waals surface area contributed by atoms with Crippen LogP contribution in [0.2, 0.25) is 0 Å². The van der Waals surface area contributed by atoms with Crippen molar-refractivity contribution in [2.24, 2.45) is 0 Å². The Morgan fingerprint density at radius 2 is 1.74 bits per heavy atom. The molecule has 2 aromatic carbocycles. The van der Waals surface area contributed by atoms with Crippen LogP contribution in [0.25, 0.3) is 10.8 Å². The normalized spacial score (nSPS) is 12.8. The van der Waals surface area contributed by atoms with E-state index in [9.17, 15) is 4.79 Å². The molecule has 0 saturated heterocycles. The maximum absolute atomic E-state index is 12.1. The summed E-state index contributed by atoms with van der Waals surface area (Å²) in [5.41, 5.74) is 3.65. The zero-order chi connectivity index (χ0) is 16.6. The van der Waals surface area contributed by atoms with Crippen molar-refractivity contribution in [3.63, 3.8) is 0 Å². The van der Waals surface area contributed by atoms with Gasteiger partial charge in [-0.05, 0) is 32.8 Å². The van der Waals surface area contributed by atoms with Gasteiger partial charge in [0.1, 0.15) is 11.5 Å². The first-order chi connectivity index (χ1) is 11.0. The fraction of sp³-hybridized carbons (Fsp3) is 0.250. The highest BCUT2D eigenvalue weighted by molar-refractivity contribution is 5.99. The largest absolute Gasteiger partial charge is 0.496 e. The fourth-order valence-electron chi connectivity index (χ4n) is 3.01. The molecule has 0 radical (unpaired) electrons. The molecule has 0 amide bonds. The van der Waals surface area contributed by atoms with Crippen LogP contribution in [0.15, 0.2) is 42.5 Å². The Bertz CT molecular complexity index is 844. The number of hydrogen-bond acceptors (Lipinski definition) is 3. The van der Waals surface area contributed by atoms with Gasteiger partial charge < -0.3 is 9.47 Å². The Kier molecular flexibility index (Phi) is 3.95. The Labute approximate surface area is 136 Å². The molecule has 3 heteroatoms. The minimum atomic E-state index is -0.395. The average Bonchev–Trinajstić information content (AvgIpc) is 2.54. The number of esters is 1. The van der Waals surface area contributed by atoms with Gasteiger partial charge in [-0.15, -0.1) is 0 Å². The molecule has 1 aliphatic carbocycles. The number of hydrogen-bond donors (Lipinski definition) is 0. The monoisotopic (exact) mass is 308 g/mol. The quantitative estimate of drug-likeness (QED) is 0.367. The van der Waals surface area contributed by atoms with E-state index in [-0.39, 0.29) is 0 Å². The van der Waals surface area contributed by atoms with E-state index in [4.69, 9.17) is 9.47 Å². The van der Waals surface area contributed by atoms with Crippen LogP contribution in [-0.4, -0.2) is 13.1 Å². The highest BCUT2D eigenvalue weighted by Gasteiger charge is 2.23. The van der Waals surface area contributed by atoms with Gasteiger partial charge in [-0.2, -0.15) is 0 Å². The molecule has 3 rings (SSSR count). The van der Waals surface area contributed by atoms with E-state index in [1.165, 1.54) is 0 Å². The van der Waals surface area contributed by atoms with Crippen LogP contribution in [0.4, 0.5) is 0 Å². The third-order valence-electron chi connectivity index (χ3n) is 4.13. The minimum Gasteiger partial charge on any atom is -0.496 e. The predicted octanol–water partition coefficient (Wildman–Crippen LogP) is 4.29. The maximum Gasteiger partial charge on any atom is 0.338 e. The first-order valence-electron chi connectivity index (χ1n) is 7.67. The lowest BCUT2D eigenvalue weighted by Crippen LogP contribution is -2.13. The van der Waals surface area contributed by atoms with E-state index in [1.807, 2.05) is 19.1 Å². The van der Waals surface area contributed by atoms with Crippen molar-refractivity contribution in [2.75, 3.05) is 7.11 Å². The van der Waals surface area contributed by atoms with Gasteiger partial charge in [-0.25, -0.2) is 4.79 Å². The molecule has 0 N–H and O–H groups in total. The van der Waals surface area contributed by atoms with E-state index in [0.29, 0.717) is 11.3 Å². The number of carbonyl (C=O) groups excluding carboxylic acids is 1. The number of methoxy groups -OCH3 is 1. The summed E-state index contributed by atoms with van der Waals surface area (Å²) >= 11 is 0. The van der Waals surface area contributed by atoms with E-state index >= 15 is 0 Å². The van der Waals surface area contributed by atoms with Crippen LogP contribution < -0.4 is 9.47 Å². The average molecular weight is 308 g/mol. The zero-order valence-corrected chi connectivity index (χ0v) is 13.7. The fourth-order valence-corrected chi connectivity index (χ4v) is 3.01. The van der Waals surface area contributed by atoms with Crippen molar-refractivity contribution in [1.82, 2.24) is 0 Å². The number of rotatable bonds is 3. The second kappa shape index (κ2) is 5.92. The number of benzene rings is 2. The predicted molar refractivity (Wildman–Crippen MR) is 92.2 cm³/mol. The van der Waals surface area contributed by atoms with Gasteiger partial charge in [0.25, 0.3) is 0 Å². The standard InChI is InChI=1S/C20H20O3/c1-12(2)20(21)23-19-15-8-6-5-7-14(15)18(22-4)17-11-13(3)9-10-16(17)19/h5-6,9-11H,1,7-8H2,2-4H3. The topological polar surface area (TPSA) is 35.5 Å². The molecule has 0 aromatic heterocycles. The molecule has 0 aliphatic heterocycles. The number of ether oxygens (including phenoxy) is 2. The third kappa shape index (κ3) is 2.63. The van der Waals surface area contributed by atoms with E-state index < -0.39 is 5.97 Å². The molecular formula is C20H20O3. The number of carbonyl (C=O) groups is 1. The van der Waals surface area contributed by atoms with E-state index in [0.717, 1.165) is 46.1 Å². The van der Waals surface area contributed by atoms with Crippen LogP contribution in [0.1, 0.15) is 23.6 Å². The van der Waals surface area contributed by atoms with Gasteiger partial charge in [0.2, 0.25) is 0 Å². The molecule has 0 saturated carbocycles. The van der Waals surface area contributed by atoms with Crippen molar-refractivity contribution in [3.8, 4) is 11.5 Å². The summed E-state index contributed by atoms with van der Waals surface area (Å²) in [5.74, 6) is 1.11. The lowest BCUT2D eigenvalue weighted by molar-refractivity contribution is -0.130. The van der Waals surface area contributed by atoms with Gasteiger partial charge in [-0.3, -0.25) is 0 Å². The van der Waals surface area contributed by atoms with Gasteiger partial charge in [-0.1, -0.05) is 36.4 Å². The van der Waals surface area contributed by atoms with Crippen molar-refractivity contribution < 1.29 is 14.3 Å². The zero-order valence-electron chi connectivity index (χ0n) is 13.7. The summed E-state index contributed by atoms with van der Waals surface area (Å²) in [4.78, 5) is 12.1. The van der Waals surface area contributed by atoms with Gasteiger partial charge in [0.15, 0.2) is 0 Å². The summed E-state index contributed by atoms with van der Waals surface area (Å²) in [6.45, 7) is 7.37. The maximum atomic E-state index is 12.1. The van der Waals surface area contributed by atoms with Gasteiger partial charge in [0.05, 0.1) is 7.11 Å². The number of aryl methyl sites for hydroxylation is 1. The molecule has 0 bridgehead atoms. The number of fused-ring (bicyclic) bond motifs is 2. The summed E-state index contributed by atoms with van der Waals surface area (Å²) in [5, 5.41) is 1.88. The third-order valence-corrected chi connectivity index (χ3v) is 4.13. The molecule has 1 aliphatic rings. The molecular weight excluding hydrogens is 288 g/mol. The Hall–Kier alpha value is -2.55. The SMILES string of the molecule is C=C(C)C(=O)Oc1c2c(c(OC)c3cc(C)ccc13)CC=CC2. The molecule has 23 heavy (non-hydrogen) atoms. The van der Waals surface area contributed by atoms with Crippen molar-refractivity contribution >= 4 is 16.7 Å². The van der Waals surface area contributed by atoms with E-state index in [2.05, 4.69) is 24.8 Å². The molecule has 0 heterocycles. The van der Waals surface area contributed by atoms with Gasteiger partial charge in [0, 0.05) is 27.5 Å². The molecule has 3 nitrogen and oxygen atoms in total. The Morgan fingerprint density at radius 1 is 1.09 bits per heavy atom. The summed E-state index contributed by atoms with van der Waals surface area (Å²) in [6.07, 6.45) is 5.73. The molecule has 0 unspecified atom stereocenters. The lowest BCUT2D eigenvalue weighted by Gasteiger charge is -2.22. The highest BCUT2D eigenvalue weighted by Crippen LogP contribution is 2.43. The molecule has 118 valence electrons. The van der Waals surface area contributed by atoms with Crippen molar-refractivity contribution in [1.29, 1.82) is 0 Å². The van der Waals surface area contributed by atoms with Crippen molar-refractivity contribution in [3.05, 3.63) is 59.2 Å². The summed E-state index contributed by atoms with van der Waals surface area (Å²) in [6, 6.07) is 6.09. The Balaban J connectivity index is 2.33. The molecule has 0 atom stereocenters. The lowest BCUT2D eigenvalue weighted by atomic mass is 9.90. The van der Waals surface area contributed by atoms with Crippen LogP contribution in [-0.2, 0) is 17.6 Å². The summed E-state index contributed by atoms with van der Waals surface area (Å²) < 4.78 is 11.4.